The van der Waals surface area contributed by atoms with E-state index in [0.29, 0.717) is 11.4 Å². The number of aromatic nitrogens is 4. The van der Waals surface area contributed by atoms with E-state index in [2.05, 4.69) is 25.4 Å². The maximum absolute atomic E-state index is 12.4. The van der Waals surface area contributed by atoms with Gasteiger partial charge in [0.25, 0.3) is 5.91 Å². The molecule has 5 rings (SSSR count). The first kappa shape index (κ1) is 16.9. The Bertz CT molecular complexity index is 1080. The van der Waals surface area contributed by atoms with Gasteiger partial charge in [-0.3, -0.25) is 9.20 Å². The van der Waals surface area contributed by atoms with E-state index < -0.39 is 0 Å². The van der Waals surface area contributed by atoms with E-state index in [-0.39, 0.29) is 5.91 Å². The van der Waals surface area contributed by atoms with Gasteiger partial charge in [0.15, 0.2) is 16.5 Å². The van der Waals surface area contributed by atoms with Crippen LogP contribution in [0.5, 0.6) is 0 Å². The zero-order chi connectivity index (χ0) is 18.9. The van der Waals surface area contributed by atoms with E-state index in [1.165, 1.54) is 12.8 Å². The third kappa shape index (κ3) is 3.22. The topological polar surface area (TPSA) is 75.4 Å². The number of benzene rings is 1. The molecule has 8 heteroatoms. The quantitative estimate of drug-likeness (QED) is 0.575. The minimum absolute atomic E-state index is 0.268. The second-order valence-electron chi connectivity index (χ2n) is 6.72. The van der Waals surface area contributed by atoms with Crippen molar-refractivity contribution in [1.29, 1.82) is 0 Å². The lowest BCUT2D eigenvalue weighted by molar-refractivity contribution is 0.102. The highest BCUT2D eigenvalue weighted by Crippen LogP contribution is 2.23. The largest absolute Gasteiger partial charge is 0.355 e. The van der Waals surface area contributed by atoms with Crippen molar-refractivity contribution in [3.05, 3.63) is 59.9 Å². The summed E-state index contributed by atoms with van der Waals surface area (Å²) < 4.78 is 2.00. The van der Waals surface area contributed by atoms with Crippen LogP contribution in [0.4, 0.5) is 11.5 Å². The van der Waals surface area contributed by atoms with Crippen LogP contribution < -0.4 is 10.2 Å². The van der Waals surface area contributed by atoms with Gasteiger partial charge in [0.2, 0.25) is 0 Å². The van der Waals surface area contributed by atoms with Gasteiger partial charge in [0.05, 0.1) is 5.69 Å². The standard InChI is InChI=1S/C20H18N6OS/c27-19(16-7-8-18(24-23-16)25-9-1-2-10-25)21-15-5-3-14(4-6-15)17-13-26-11-12-28-20(26)22-17/h3-8,11-13H,1-2,9-10H2,(H,21,27). The predicted molar refractivity (Wildman–Crippen MR) is 110 cm³/mol. The average molecular weight is 390 g/mol. The van der Waals surface area contributed by atoms with Gasteiger partial charge < -0.3 is 10.2 Å². The molecule has 0 aliphatic carbocycles. The van der Waals surface area contributed by atoms with Gasteiger partial charge in [-0.15, -0.1) is 21.5 Å². The monoisotopic (exact) mass is 390 g/mol. The second kappa shape index (κ2) is 7.05. The average Bonchev–Trinajstić information content (AvgIpc) is 3.46. The van der Waals surface area contributed by atoms with Crippen LogP contribution in [0.15, 0.2) is 54.2 Å². The summed E-state index contributed by atoms with van der Waals surface area (Å²) in [5.41, 5.74) is 2.93. The smallest absolute Gasteiger partial charge is 0.276 e. The van der Waals surface area contributed by atoms with Crippen LogP contribution >= 0.6 is 11.3 Å². The molecule has 7 nitrogen and oxygen atoms in total. The number of imidazole rings is 1. The molecule has 140 valence electrons. The number of nitrogens with zero attached hydrogens (tertiary/aromatic N) is 5. The highest BCUT2D eigenvalue weighted by molar-refractivity contribution is 7.15. The molecule has 1 N–H and O–H groups in total. The molecule has 1 fully saturated rings. The Balaban J connectivity index is 1.27. The van der Waals surface area contributed by atoms with Crippen molar-refractivity contribution in [2.24, 2.45) is 0 Å². The molecule has 0 unspecified atom stereocenters. The van der Waals surface area contributed by atoms with Crippen molar-refractivity contribution in [3.8, 4) is 11.3 Å². The maximum Gasteiger partial charge on any atom is 0.276 e. The van der Waals surface area contributed by atoms with Crippen LogP contribution in [0.1, 0.15) is 23.3 Å². The number of carbonyl (C=O) groups is 1. The fraction of sp³-hybridized carbons (Fsp3) is 0.200. The van der Waals surface area contributed by atoms with Gasteiger partial charge in [-0.1, -0.05) is 12.1 Å². The summed E-state index contributed by atoms with van der Waals surface area (Å²) in [7, 11) is 0. The molecular weight excluding hydrogens is 372 g/mol. The van der Waals surface area contributed by atoms with Gasteiger partial charge in [-0.25, -0.2) is 4.98 Å². The van der Waals surface area contributed by atoms with E-state index in [4.69, 9.17) is 0 Å². The van der Waals surface area contributed by atoms with Gasteiger partial charge in [-0.2, -0.15) is 0 Å². The van der Waals surface area contributed by atoms with E-state index in [0.717, 1.165) is 35.1 Å². The van der Waals surface area contributed by atoms with Crippen molar-refractivity contribution in [1.82, 2.24) is 19.6 Å². The number of hydrogen-bond donors (Lipinski definition) is 1. The van der Waals surface area contributed by atoms with Crippen LogP contribution in [0.2, 0.25) is 0 Å². The predicted octanol–water partition coefficient (Wildman–Crippen LogP) is 3.71. The van der Waals surface area contributed by atoms with Gasteiger partial charge in [-0.05, 0) is 37.1 Å². The van der Waals surface area contributed by atoms with Crippen LogP contribution in [0.3, 0.4) is 0 Å². The summed E-state index contributed by atoms with van der Waals surface area (Å²) in [6.45, 7) is 2.00. The number of fused-ring (bicyclic) bond motifs is 1. The Morgan fingerprint density at radius 2 is 1.86 bits per heavy atom. The summed E-state index contributed by atoms with van der Waals surface area (Å²) in [4.78, 5) is 20.2. The molecule has 0 atom stereocenters. The summed E-state index contributed by atoms with van der Waals surface area (Å²) in [6.07, 6.45) is 6.34. The van der Waals surface area contributed by atoms with Crippen molar-refractivity contribution < 1.29 is 4.79 Å². The molecular formula is C20H18N6OS. The molecule has 3 aromatic heterocycles. The molecule has 1 aliphatic heterocycles. The van der Waals surface area contributed by atoms with Crippen LogP contribution in [-0.4, -0.2) is 38.6 Å². The lowest BCUT2D eigenvalue weighted by Gasteiger charge is -2.15. The van der Waals surface area contributed by atoms with Crippen LogP contribution in [0.25, 0.3) is 16.2 Å². The molecule has 0 bridgehead atoms. The Morgan fingerprint density at radius 3 is 2.57 bits per heavy atom. The molecule has 0 saturated carbocycles. The molecule has 4 aromatic rings. The molecule has 1 aromatic carbocycles. The van der Waals surface area contributed by atoms with Crippen LogP contribution in [-0.2, 0) is 0 Å². The van der Waals surface area contributed by atoms with E-state index in [9.17, 15) is 4.79 Å². The molecule has 0 radical (unpaired) electrons. The third-order valence-corrected chi connectivity index (χ3v) is 5.62. The number of hydrogen-bond acceptors (Lipinski definition) is 6. The van der Waals surface area contributed by atoms with Crippen molar-refractivity contribution in [3.63, 3.8) is 0 Å². The van der Waals surface area contributed by atoms with E-state index in [1.54, 1.807) is 17.4 Å². The number of carbonyl (C=O) groups excluding carboxylic acids is 1. The number of nitrogens with one attached hydrogen (secondary N) is 1. The number of rotatable bonds is 4. The molecule has 28 heavy (non-hydrogen) atoms. The molecule has 0 spiro atoms. The van der Waals surface area contributed by atoms with Gasteiger partial charge in [0.1, 0.15) is 0 Å². The van der Waals surface area contributed by atoms with Crippen molar-refractivity contribution >= 4 is 33.7 Å². The molecule has 1 amide bonds. The summed E-state index contributed by atoms with van der Waals surface area (Å²) in [6, 6.07) is 11.2. The zero-order valence-electron chi connectivity index (χ0n) is 15.1. The first-order chi connectivity index (χ1) is 13.8. The molecule has 1 aliphatic rings. The highest BCUT2D eigenvalue weighted by atomic mass is 32.1. The fourth-order valence-electron chi connectivity index (χ4n) is 3.35. The lowest BCUT2D eigenvalue weighted by atomic mass is 10.1. The Morgan fingerprint density at radius 1 is 1.04 bits per heavy atom. The highest BCUT2D eigenvalue weighted by Gasteiger charge is 2.15. The number of amides is 1. The minimum atomic E-state index is -0.268. The first-order valence-electron chi connectivity index (χ1n) is 9.19. The van der Waals surface area contributed by atoms with E-state index >= 15 is 0 Å². The maximum atomic E-state index is 12.4. The van der Waals surface area contributed by atoms with Gasteiger partial charge in [0, 0.05) is 42.1 Å². The summed E-state index contributed by atoms with van der Waals surface area (Å²) >= 11 is 1.60. The Labute approximate surface area is 165 Å². The Kier molecular flexibility index (Phi) is 4.25. The summed E-state index contributed by atoms with van der Waals surface area (Å²) in [5.74, 6) is 0.564. The summed E-state index contributed by atoms with van der Waals surface area (Å²) in [5, 5.41) is 13.2. The van der Waals surface area contributed by atoms with Crippen molar-refractivity contribution in [2.75, 3.05) is 23.3 Å². The molecule has 1 saturated heterocycles. The zero-order valence-corrected chi connectivity index (χ0v) is 15.9. The van der Waals surface area contributed by atoms with Gasteiger partial charge >= 0.3 is 0 Å². The Hall–Kier alpha value is -3.26. The second-order valence-corrected chi connectivity index (χ2v) is 7.59. The fourth-order valence-corrected chi connectivity index (χ4v) is 4.05. The minimum Gasteiger partial charge on any atom is -0.355 e. The normalized spacial score (nSPS) is 13.9. The van der Waals surface area contributed by atoms with Crippen molar-refractivity contribution in [2.45, 2.75) is 12.8 Å². The lowest BCUT2D eigenvalue weighted by Crippen LogP contribution is -2.21. The SMILES string of the molecule is O=C(Nc1ccc(-c2cn3ccsc3n2)cc1)c1ccc(N2CCCC2)nn1. The molecule has 4 heterocycles. The number of anilines is 2. The first-order valence-corrected chi connectivity index (χ1v) is 10.1. The van der Waals surface area contributed by atoms with Crippen LogP contribution in [0, 0.1) is 0 Å². The third-order valence-electron chi connectivity index (χ3n) is 4.84. The number of thiazole rings is 1. The van der Waals surface area contributed by atoms with E-state index in [1.807, 2.05) is 52.5 Å².